The van der Waals surface area contributed by atoms with Gasteiger partial charge in [0.05, 0.1) is 5.25 Å². The minimum absolute atomic E-state index is 0.148. The van der Waals surface area contributed by atoms with Crippen molar-refractivity contribution in [2.75, 3.05) is 5.73 Å². The van der Waals surface area contributed by atoms with Crippen molar-refractivity contribution in [3.8, 4) is 0 Å². The number of carbonyl (C=O) groups is 1. The second kappa shape index (κ2) is 4.97. The van der Waals surface area contributed by atoms with Crippen LogP contribution in [-0.2, 0) is 21.2 Å². The molecular weight excluding hydrogens is 252 g/mol. The summed E-state index contributed by atoms with van der Waals surface area (Å²) in [6.45, 7) is 0. The number of nitrogens with two attached hydrogens (primary N) is 1. The summed E-state index contributed by atoms with van der Waals surface area (Å²) in [7, 11) is -3.42. The zero-order valence-electron chi connectivity index (χ0n) is 9.93. The van der Waals surface area contributed by atoms with E-state index in [1.807, 2.05) is 12.1 Å². The number of carbonyl (C=O) groups excluding carboxylic acids is 1. The average Bonchev–Trinajstić information content (AvgIpc) is 3.10. The van der Waals surface area contributed by atoms with Gasteiger partial charge in [-0.3, -0.25) is 9.52 Å². The van der Waals surface area contributed by atoms with Crippen molar-refractivity contribution in [2.24, 2.45) is 0 Å². The number of aryl methyl sites for hydroxylation is 1. The van der Waals surface area contributed by atoms with Crippen LogP contribution in [0.5, 0.6) is 0 Å². The summed E-state index contributed by atoms with van der Waals surface area (Å²) in [5.41, 5.74) is 7.18. The molecule has 1 aromatic carbocycles. The second-order valence-corrected chi connectivity index (χ2v) is 6.48. The minimum atomic E-state index is -3.42. The lowest BCUT2D eigenvalue weighted by Gasteiger charge is -2.06. The highest BCUT2D eigenvalue weighted by Gasteiger charge is 2.36. The number of hydrogen-bond acceptors (Lipinski definition) is 4. The molecule has 6 heteroatoms. The molecule has 0 unspecified atom stereocenters. The van der Waals surface area contributed by atoms with Gasteiger partial charge in [0.25, 0.3) is 0 Å². The molecule has 0 atom stereocenters. The monoisotopic (exact) mass is 268 g/mol. The van der Waals surface area contributed by atoms with Gasteiger partial charge >= 0.3 is 0 Å². The highest BCUT2D eigenvalue weighted by atomic mass is 32.2. The molecule has 1 aliphatic rings. The van der Waals surface area contributed by atoms with Gasteiger partial charge in [-0.2, -0.15) is 0 Å². The molecule has 0 radical (unpaired) electrons. The molecule has 1 saturated carbocycles. The second-order valence-electron chi connectivity index (χ2n) is 4.51. The molecular formula is C12H16N2O3S. The van der Waals surface area contributed by atoms with Crippen LogP contribution in [-0.4, -0.2) is 19.6 Å². The van der Waals surface area contributed by atoms with Gasteiger partial charge in [-0.15, -0.1) is 0 Å². The van der Waals surface area contributed by atoms with Gasteiger partial charge in [0, 0.05) is 12.1 Å². The summed E-state index contributed by atoms with van der Waals surface area (Å²) in [5.74, 6) is -0.454. The molecule has 18 heavy (non-hydrogen) atoms. The Bertz CT molecular complexity index is 550. The van der Waals surface area contributed by atoms with Crippen LogP contribution in [0.15, 0.2) is 24.3 Å². The summed E-state index contributed by atoms with van der Waals surface area (Å²) in [5, 5.41) is -0.367. The molecule has 1 amide bonds. The number of sulfonamides is 1. The summed E-state index contributed by atoms with van der Waals surface area (Å²) < 4.78 is 25.1. The van der Waals surface area contributed by atoms with Crippen molar-refractivity contribution in [3.05, 3.63) is 29.8 Å². The first kappa shape index (κ1) is 12.9. The molecule has 0 aromatic heterocycles. The van der Waals surface area contributed by atoms with Gasteiger partial charge in [0.15, 0.2) is 0 Å². The number of hydrogen-bond donors (Lipinski definition) is 2. The summed E-state index contributed by atoms with van der Waals surface area (Å²) in [6.07, 6.45) is 1.93. The Hall–Kier alpha value is -1.56. The topological polar surface area (TPSA) is 89.3 Å². The van der Waals surface area contributed by atoms with Crippen LogP contribution in [0.4, 0.5) is 5.69 Å². The highest BCUT2D eigenvalue weighted by Crippen LogP contribution is 2.27. The van der Waals surface area contributed by atoms with Crippen LogP contribution in [0.3, 0.4) is 0 Å². The van der Waals surface area contributed by atoms with E-state index in [1.54, 1.807) is 12.1 Å². The van der Waals surface area contributed by atoms with Gasteiger partial charge in [-0.05, 0) is 37.0 Å². The number of nitrogens with one attached hydrogen (secondary N) is 1. The van der Waals surface area contributed by atoms with Crippen LogP contribution in [0.25, 0.3) is 0 Å². The number of anilines is 1. The lowest BCUT2D eigenvalue weighted by molar-refractivity contribution is -0.119. The van der Waals surface area contributed by atoms with E-state index in [4.69, 9.17) is 5.73 Å². The normalized spacial score (nSPS) is 15.3. The van der Waals surface area contributed by atoms with Crippen molar-refractivity contribution in [1.29, 1.82) is 0 Å². The predicted molar refractivity (Wildman–Crippen MR) is 69.3 cm³/mol. The molecule has 0 spiro atoms. The van der Waals surface area contributed by atoms with E-state index in [2.05, 4.69) is 4.72 Å². The average molecular weight is 268 g/mol. The lowest BCUT2D eigenvalue weighted by Crippen LogP contribution is -2.33. The molecule has 3 N–H and O–H groups in total. The fourth-order valence-corrected chi connectivity index (χ4v) is 3.02. The molecule has 2 rings (SSSR count). The Morgan fingerprint density at radius 1 is 1.39 bits per heavy atom. The van der Waals surface area contributed by atoms with Crippen LogP contribution in [0.2, 0.25) is 0 Å². The quantitative estimate of drug-likeness (QED) is 0.773. The third kappa shape index (κ3) is 3.46. The maximum atomic E-state index is 11.5. The smallest absolute Gasteiger partial charge is 0.237 e. The minimum Gasteiger partial charge on any atom is -0.399 e. The van der Waals surface area contributed by atoms with Crippen molar-refractivity contribution < 1.29 is 13.2 Å². The number of amides is 1. The molecule has 0 bridgehead atoms. The fraction of sp³-hybridized carbons (Fsp3) is 0.417. The van der Waals surface area contributed by atoms with Crippen LogP contribution in [0, 0.1) is 0 Å². The first-order valence-electron chi connectivity index (χ1n) is 5.86. The van der Waals surface area contributed by atoms with E-state index < -0.39 is 15.9 Å². The van der Waals surface area contributed by atoms with E-state index in [1.165, 1.54) is 0 Å². The van der Waals surface area contributed by atoms with Crippen molar-refractivity contribution >= 4 is 21.6 Å². The molecule has 98 valence electrons. The molecule has 1 aromatic rings. The third-order valence-electron chi connectivity index (χ3n) is 2.81. The van der Waals surface area contributed by atoms with Crippen LogP contribution >= 0.6 is 0 Å². The Morgan fingerprint density at radius 2 is 2.11 bits per heavy atom. The van der Waals surface area contributed by atoms with E-state index in [0.717, 1.165) is 5.56 Å². The summed E-state index contributed by atoms with van der Waals surface area (Å²) >= 11 is 0. The van der Waals surface area contributed by atoms with Gasteiger partial charge in [0.2, 0.25) is 15.9 Å². The molecule has 0 heterocycles. The summed E-state index contributed by atoms with van der Waals surface area (Å²) in [6, 6.07) is 7.21. The maximum absolute atomic E-state index is 11.5. The van der Waals surface area contributed by atoms with Crippen LogP contribution < -0.4 is 10.5 Å². The fourth-order valence-electron chi connectivity index (χ4n) is 1.68. The lowest BCUT2D eigenvalue weighted by atomic mass is 10.1. The highest BCUT2D eigenvalue weighted by molar-refractivity contribution is 7.90. The van der Waals surface area contributed by atoms with Gasteiger partial charge < -0.3 is 5.73 Å². The third-order valence-corrected chi connectivity index (χ3v) is 4.67. The maximum Gasteiger partial charge on any atom is 0.237 e. The Labute approximate surface area is 106 Å². The molecule has 0 aliphatic heterocycles. The molecule has 5 nitrogen and oxygen atoms in total. The van der Waals surface area contributed by atoms with Crippen molar-refractivity contribution in [3.63, 3.8) is 0 Å². The Kier molecular flexibility index (Phi) is 3.56. The first-order valence-corrected chi connectivity index (χ1v) is 7.41. The zero-order valence-corrected chi connectivity index (χ0v) is 10.7. The molecule has 0 saturated heterocycles. The standard InChI is InChI=1S/C12H16N2O3S/c13-10-3-1-2-9(8-10)4-7-12(15)14-18(16,17)11-5-6-11/h1-3,8,11H,4-7,13H2,(H,14,15). The van der Waals surface area contributed by atoms with Crippen molar-refractivity contribution in [1.82, 2.24) is 4.72 Å². The van der Waals surface area contributed by atoms with Gasteiger partial charge in [-0.25, -0.2) is 8.42 Å². The largest absolute Gasteiger partial charge is 0.399 e. The van der Waals surface area contributed by atoms with Crippen LogP contribution in [0.1, 0.15) is 24.8 Å². The number of nitrogen functional groups attached to an aromatic ring is 1. The molecule has 1 aliphatic carbocycles. The van der Waals surface area contributed by atoms with E-state index >= 15 is 0 Å². The Morgan fingerprint density at radius 3 is 2.72 bits per heavy atom. The molecule has 1 fully saturated rings. The predicted octanol–water partition coefficient (Wildman–Crippen LogP) is 0.810. The SMILES string of the molecule is Nc1cccc(CCC(=O)NS(=O)(=O)C2CC2)c1. The zero-order chi connectivity index (χ0) is 13.2. The van der Waals surface area contributed by atoms with Crippen molar-refractivity contribution in [2.45, 2.75) is 30.9 Å². The Balaban J connectivity index is 1.85. The van der Waals surface area contributed by atoms with Gasteiger partial charge in [-0.1, -0.05) is 12.1 Å². The summed E-state index contributed by atoms with van der Waals surface area (Å²) in [4.78, 5) is 11.5. The number of rotatable bonds is 5. The van der Waals surface area contributed by atoms with E-state index in [0.29, 0.717) is 24.9 Å². The number of benzene rings is 1. The van der Waals surface area contributed by atoms with E-state index in [-0.39, 0.29) is 11.7 Å². The first-order chi connectivity index (χ1) is 8.47. The van der Waals surface area contributed by atoms with Gasteiger partial charge in [0.1, 0.15) is 0 Å². The van der Waals surface area contributed by atoms with E-state index in [9.17, 15) is 13.2 Å².